The molecule has 1 atom stereocenters. The Labute approximate surface area is 141 Å². The largest absolute Gasteiger partial charge is 0.338 e. The molecule has 0 radical (unpaired) electrons. The number of nitrogens with one attached hydrogen (secondary N) is 1. The second-order valence-electron chi connectivity index (χ2n) is 6.13. The molecule has 1 fully saturated rings. The summed E-state index contributed by atoms with van der Waals surface area (Å²) in [6.45, 7) is 2.15. The minimum atomic E-state index is -0.132. The molecule has 0 saturated heterocycles. The van der Waals surface area contributed by atoms with E-state index in [0.29, 0.717) is 17.5 Å². The Bertz CT molecular complexity index is 773. The van der Waals surface area contributed by atoms with Crippen molar-refractivity contribution in [2.24, 2.45) is 0 Å². The van der Waals surface area contributed by atoms with Crippen molar-refractivity contribution in [3.63, 3.8) is 0 Å². The van der Waals surface area contributed by atoms with Crippen LogP contribution in [0.5, 0.6) is 0 Å². The average molecular weight is 324 g/mol. The predicted molar refractivity (Wildman–Crippen MR) is 90.3 cm³/mol. The third kappa shape index (κ3) is 3.81. The lowest BCUT2D eigenvalue weighted by Gasteiger charge is -2.20. The molecule has 1 N–H and O–H groups in total. The first-order chi connectivity index (χ1) is 11.6. The van der Waals surface area contributed by atoms with Crippen LogP contribution in [0.3, 0.4) is 0 Å². The molecule has 1 aliphatic rings. The third-order valence-corrected chi connectivity index (χ3v) is 4.12. The van der Waals surface area contributed by atoms with Crippen LogP contribution in [-0.4, -0.2) is 34.5 Å². The summed E-state index contributed by atoms with van der Waals surface area (Å²) in [5.74, 6) is 4.20. The maximum absolute atomic E-state index is 12.2. The van der Waals surface area contributed by atoms with Gasteiger partial charge in [0, 0.05) is 17.2 Å². The number of hydrogen-bond acceptors (Lipinski definition) is 5. The Morgan fingerprint density at radius 1 is 1.54 bits per heavy atom. The van der Waals surface area contributed by atoms with Crippen LogP contribution in [0, 0.1) is 12.3 Å². The van der Waals surface area contributed by atoms with Gasteiger partial charge < -0.3 is 9.84 Å². The Morgan fingerprint density at radius 2 is 2.33 bits per heavy atom. The number of carbonyl (C=O) groups is 1. The Morgan fingerprint density at radius 3 is 3.04 bits per heavy atom. The van der Waals surface area contributed by atoms with Gasteiger partial charge >= 0.3 is 0 Å². The van der Waals surface area contributed by atoms with Gasteiger partial charge in [-0.15, -0.1) is 6.42 Å². The minimum absolute atomic E-state index is 0.125. The molecule has 3 rings (SSSR count). The maximum atomic E-state index is 12.2. The van der Waals surface area contributed by atoms with E-state index in [9.17, 15) is 4.79 Å². The van der Waals surface area contributed by atoms with E-state index in [1.54, 1.807) is 6.07 Å². The first-order valence-electron chi connectivity index (χ1n) is 7.97. The minimum Gasteiger partial charge on any atom is -0.338 e. The number of nitrogens with zero attached hydrogens (tertiary/aromatic N) is 3. The molecule has 2 aromatic rings. The average Bonchev–Trinajstić information content (AvgIpc) is 3.31. The van der Waals surface area contributed by atoms with Crippen molar-refractivity contribution in [2.45, 2.75) is 31.7 Å². The van der Waals surface area contributed by atoms with Crippen molar-refractivity contribution in [1.82, 2.24) is 15.0 Å². The molecule has 1 saturated carbocycles. The number of likely N-dealkylation sites (N-methyl/N-ethyl adjacent to an activating group) is 1. The van der Waals surface area contributed by atoms with Crippen LogP contribution in [0.15, 0.2) is 28.8 Å². The standard InChI is InChI=1S/C18H20N4O2/c1-4-13-6-5-7-15(10-13)19-16(23)11-22(3)12(2)18-20-17(21-24-18)14-8-9-14/h1,5-7,10,12,14H,8-9,11H2,2-3H3,(H,19,23)/t12-/m1/s1. The highest BCUT2D eigenvalue weighted by Gasteiger charge is 2.30. The molecule has 0 aliphatic heterocycles. The Kier molecular flexibility index (Phi) is 4.63. The van der Waals surface area contributed by atoms with E-state index in [2.05, 4.69) is 21.4 Å². The summed E-state index contributed by atoms with van der Waals surface area (Å²) in [5, 5.41) is 6.86. The van der Waals surface area contributed by atoms with Crippen LogP contribution in [0.1, 0.15) is 49.0 Å². The first-order valence-corrected chi connectivity index (χ1v) is 7.97. The number of hydrogen-bond donors (Lipinski definition) is 1. The number of aromatic nitrogens is 2. The monoisotopic (exact) mass is 324 g/mol. The lowest BCUT2D eigenvalue weighted by molar-refractivity contribution is -0.117. The van der Waals surface area contributed by atoms with Gasteiger partial charge in [0.15, 0.2) is 5.82 Å². The zero-order valence-electron chi connectivity index (χ0n) is 13.8. The van der Waals surface area contributed by atoms with Gasteiger partial charge in [-0.05, 0) is 45.0 Å². The van der Waals surface area contributed by atoms with Crippen LogP contribution in [0.25, 0.3) is 0 Å². The number of terminal acetylenes is 1. The summed E-state index contributed by atoms with van der Waals surface area (Å²) in [6, 6.07) is 7.07. The quantitative estimate of drug-likeness (QED) is 0.827. The highest BCUT2D eigenvalue weighted by molar-refractivity contribution is 5.92. The molecule has 6 nitrogen and oxygen atoms in total. The summed E-state index contributed by atoms with van der Waals surface area (Å²) in [4.78, 5) is 18.5. The molecule has 1 aliphatic carbocycles. The molecule has 1 aromatic carbocycles. The molecule has 0 bridgehead atoms. The highest BCUT2D eigenvalue weighted by Crippen LogP contribution is 2.38. The fraction of sp³-hybridized carbons (Fsp3) is 0.389. The molecule has 0 spiro atoms. The summed E-state index contributed by atoms with van der Waals surface area (Å²) < 4.78 is 5.32. The number of carbonyl (C=O) groups excluding carboxylic acids is 1. The van der Waals surface area contributed by atoms with Gasteiger partial charge in [0.05, 0.1) is 12.6 Å². The van der Waals surface area contributed by atoms with E-state index in [4.69, 9.17) is 10.9 Å². The van der Waals surface area contributed by atoms with Crippen LogP contribution in [0.2, 0.25) is 0 Å². The summed E-state index contributed by atoms with van der Waals surface area (Å²) in [5.41, 5.74) is 1.42. The van der Waals surface area contributed by atoms with Crippen molar-refractivity contribution < 1.29 is 9.32 Å². The molecule has 1 aromatic heterocycles. The third-order valence-electron chi connectivity index (χ3n) is 4.12. The van der Waals surface area contributed by atoms with Crippen molar-refractivity contribution in [3.05, 3.63) is 41.5 Å². The van der Waals surface area contributed by atoms with Gasteiger partial charge in [0.25, 0.3) is 0 Å². The van der Waals surface area contributed by atoms with Gasteiger partial charge in [-0.2, -0.15) is 4.98 Å². The molecule has 1 amide bonds. The molecule has 124 valence electrons. The molecular formula is C18H20N4O2. The molecule has 1 heterocycles. The SMILES string of the molecule is C#Cc1cccc(NC(=O)CN(C)[C@H](C)c2nc(C3CC3)no2)c1. The number of benzene rings is 1. The van der Waals surface area contributed by atoms with Gasteiger partial charge in [0.1, 0.15) is 0 Å². The fourth-order valence-electron chi connectivity index (χ4n) is 2.36. The van der Waals surface area contributed by atoms with Crippen LogP contribution >= 0.6 is 0 Å². The van der Waals surface area contributed by atoms with Gasteiger partial charge in [-0.25, -0.2) is 0 Å². The van der Waals surface area contributed by atoms with Gasteiger partial charge in [-0.3, -0.25) is 9.69 Å². The highest BCUT2D eigenvalue weighted by atomic mass is 16.5. The van der Waals surface area contributed by atoms with Crippen molar-refractivity contribution >= 4 is 11.6 Å². The van der Waals surface area contributed by atoms with Crippen molar-refractivity contribution in [1.29, 1.82) is 0 Å². The molecule has 24 heavy (non-hydrogen) atoms. The van der Waals surface area contributed by atoms with Crippen molar-refractivity contribution in [3.8, 4) is 12.3 Å². The maximum Gasteiger partial charge on any atom is 0.243 e. The number of anilines is 1. The number of rotatable bonds is 6. The summed E-state index contributed by atoms with van der Waals surface area (Å²) >= 11 is 0. The second-order valence-corrected chi connectivity index (χ2v) is 6.13. The van der Waals surface area contributed by atoms with Crippen LogP contribution in [-0.2, 0) is 4.79 Å². The molecular weight excluding hydrogens is 304 g/mol. The van der Waals surface area contributed by atoms with E-state index in [0.717, 1.165) is 24.2 Å². The lowest BCUT2D eigenvalue weighted by Crippen LogP contribution is -2.32. The topological polar surface area (TPSA) is 71.3 Å². The van der Waals surface area contributed by atoms with Crippen LogP contribution in [0.4, 0.5) is 5.69 Å². The summed E-state index contributed by atoms with van der Waals surface area (Å²) in [6.07, 6.45) is 7.62. The van der Waals surface area contributed by atoms with E-state index < -0.39 is 0 Å². The fourth-order valence-corrected chi connectivity index (χ4v) is 2.36. The van der Waals surface area contributed by atoms with Crippen LogP contribution < -0.4 is 5.32 Å². The van der Waals surface area contributed by atoms with E-state index in [1.165, 1.54) is 0 Å². The van der Waals surface area contributed by atoms with Gasteiger partial charge in [0.2, 0.25) is 11.8 Å². The normalized spacial score (nSPS) is 15.1. The van der Waals surface area contributed by atoms with Gasteiger partial charge in [-0.1, -0.05) is 17.1 Å². The zero-order chi connectivity index (χ0) is 17.1. The predicted octanol–water partition coefficient (Wildman–Crippen LogP) is 2.56. The van der Waals surface area contributed by atoms with E-state index in [-0.39, 0.29) is 18.5 Å². The molecule has 6 heteroatoms. The Hall–Kier alpha value is -2.65. The first kappa shape index (κ1) is 16.2. The lowest BCUT2D eigenvalue weighted by atomic mass is 10.2. The number of amides is 1. The summed E-state index contributed by atoms with van der Waals surface area (Å²) in [7, 11) is 1.85. The van der Waals surface area contributed by atoms with Crippen molar-refractivity contribution in [2.75, 3.05) is 18.9 Å². The Balaban J connectivity index is 1.57. The van der Waals surface area contributed by atoms with E-state index >= 15 is 0 Å². The van der Waals surface area contributed by atoms with E-state index in [1.807, 2.05) is 37.1 Å². The molecule has 0 unspecified atom stereocenters. The zero-order valence-corrected chi connectivity index (χ0v) is 13.8. The smallest absolute Gasteiger partial charge is 0.243 e. The second kappa shape index (κ2) is 6.85.